The molecule has 0 saturated carbocycles. The number of ether oxygens (including phenoxy) is 2. The monoisotopic (exact) mass is 519 g/mol. The van der Waals surface area contributed by atoms with E-state index in [2.05, 4.69) is 35.6 Å². The zero-order chi connectivity index (χ0) is 23.1. The van der Waals surface area contributed by atoms with Gasteiger partial charge in [-0.15, -0.1) is 11.8 Å². The van der Waals surface area contributed by atoms with E-state index in [1.807, 2.05) is 0 Å². The molecule has 0 aliphatic heterocycles. The number of benzene rings is 1. The van der Waals surface area contributed by atoms with Crippen molar-refractivity contribution in [1.82, 2.24) is 15.0 Å². The molecular weight excluding hydrogens is 502 g/mol. The SMILES string of the molecule is COC(=O)c1nc(-c2cc(OCCCSc3ccncc3[N+](=O)[O-])ccc2Br)cnc1N. The van der Waals surface area contributed by atoms with Crippen molar-refractivity contribution >= 4 is 45.2 Å². The summed E-state index contributed by atoms with van der Waals surface area (Å²) in [6, 6.07) is 6.99. The van der Waals surface area contributed by atoms with Gasteiger partial charge in [0.05, 0.1) is 35.4 Å². The van der Waals surface area contributed by atoms with Gasteiger partial charge in [0.1, 0.15) is 11.9 Å². The average molecular weight is 520 g/mol. The topological polar surface area (TPSA) is 143 Å². The molecule has 10 nitrogen and oxygen atoms in total. The molecule has 0 aliphatic carbocycles. The lowest BCUT2D eigenvalue weighted by atomic mass is 10.1. The van der Waals surface area contributed by atoms with Crippen LogP contribution in [-0.2, 0) is 4.74 Å². The third-order valence-electron chi connectivity index (χ3n) is 4.17. The molecule has 32 heavy (non-hydrogen) atoms. The van der Waals surface area contributed by atoms with Crippen molar-refractivity contribution in [3.05, 3.63) is 63.1 Å². The van der Waals surface area contributed by atoms with Crippen LogP contribution >= 0.6 is 27.7 Å². The Hall–Kier alpha value is -3.25. The van der Waals surface area contributed by atoms with Crippen molar-refractivity contribution < 1.29 is 19.2 Å². The van der Waals surface area contributed by atoms with Gasteiger partial charge in [0, 0.05) is 22.0 Å². The molecule has 12 heteroatoms. The summed E-state index contributed by atoms with van der Waals surface area (Å²) >= 11 is 4.85. The van der Waals surface area contributed by atoms with Crippen molar-refractivity contribution in [2.45, 2.75) is 11.3 Å². The number of rotatable bonds is 9. The third-order valence-corrected chi connectivity index (χ3v) is 6.01. The fraction of sp³-hybridized carbons (Fsp3) is 0.200. The highest BCUT2D eigenvalue weighted by Crippen LogP contribution is 2.32. The van der Waals surface area contributed by atoms with Gasteiger partial charge in [0.25, 0.3) is 0 Å². The van der Waals surface area contributed by atoms with Crippen LogP contribution in [0.4, 0.5) is 11.5 Å². The molecule has 3 rings (SSSR count). The number of nitro groups is 1. The summed E-state index contributed by atoms with van der Waals surface area (Å²) in [5, 5.41) is 11.0. The largest absolute Gasteiger partial charge is 0.494 e. The summed E-state index contributed by atoms with van der Waals surface area (Å²) in [6.45, 7) is 0.410. The number of thioether (sulfide) groups is 1. The second kappa shape index (κ2) is 10.9. The Kier molecular flexibility index (Phi) is 7.95. The van der Waals surface area contributed by atoms with E-state index in [1.54, 1.807) is 24.3 Å². The zero-order valence-corrected chi connectivity index (χ0v) is 19.3. The van der Waals surface area contributed by atoms with Crippen LogP contribution in [0.3, 0.4) is 0 Å². The fourth-order valence-corrected chi connectivity index (χ4v) is 3.99. The van der Waals surface area contributed by atoms with E-state index in [0.29, 0.717) is 40.7 Å². The Morgan fingerprint density at radius 1 is 1.31 bits per heavy atom. The van der Waals surface area contributed by atoms with Gasteiger partial charge in [0.2, 0.25) is 0 Å². The number of nitrogens with zero attached hydrogens (tertiary/aromatic N) is 4. The second-order valence-corrected chi connectivity index (χ2v) is 8.26. The number of carbonyl (C=O) groups excluding carboxylic acids is 1. The van der Waals surface area contributed by atoms with Crippen molar-refractivity contribution in [3.63, 3.8) is 0 Å². The maximum absolute atomic E-state index is 11.8. The number of halogens is 1. The van der Waals surface area contributed by atoms with Crippen molar-refractivity contribution in [2.24, 2.45) is 0 Å². The van der Waals surface area contributed by atoms with Gasteiger partial charge in [0.15, 0.2) is 11.5 Å². The van der Waals surface area contributed by atoms with Crippen LogP contribution in [0.5, 0.6) is 5.75 Å². The predicted octanol–water partition coefficient (Wildman–Crippen LogP) is 4.14. The van der Waals surface area contributed by atoms with Crippen molar-refractivity contribution in [2.75, 3.05) is 25.2 Å². The summed E-state index contributed by atoms with van der Waals surface area (Å²) < 4.78 is 11.2. The number of nitrogen functional groups attached to an aromatic ring is 1. The first-order valence-corrected chi connectivity index (χ1v) is 11.0. The van der Waals surface area contributed by atoms with Gasteiger partial charge in [-0.05, 0) is 30.7 Å². The highest BCUT2D eigenvalue weighted by atomic mass is 79.9. The summed E-state index contributed by atoms with van der Waals surface area (Å²) in [4.78, 5) is 35.1. The van der Waals surface area contributed by atoms with Crippen LogP contribution in [0.2, 0.25) is 0 Å². The van der Waals surface area contributed by atoms with Gasteiger partial charge in [-0.2, -0.15) is 0 Å². The van der Waals surface area contributed by atoms with Gasteiger partial charge in [-0.25, -0.2) is 14.8 Å². The number of methoxy groups -OCH3 is 1. The molecule has 0 aliphatic rings. The highest BCUT2D eigenvalue weighted by molar-refractivity contribution is 9.10. The molecular formula is C20H18BrN5O5S. The molecule has 166 valence electrons. The molecule has 3 aromatic rings. The Morgan fingerprint density at radius 2 is 2.12 bits per heavy atom. The zero-order valence-electron chi connectivity index (χ0n) is 16.9. The van der Waals surface area contributed by atoms with Crippen LogP contribution in [0.1, 0.15) is 16.9 Å². The fourth-order valence-electron chi connectivity index (χ4n) is 2.63. The number of hydrogen-bond donors (Lipinski definition) is 1. The average Bonchev–Trinajstić information content (AvgIpc) is 2.80. The molecule has 0 atom stereocenters. The Labute approximate surface area is 195 Å². The number of nitrogens with two attached hydrogens (primary N) is 1. The van der Waals surface area contributed by atoms with E-state index >= 15 is 0 Å². The van der Waals surface area contributed by atoms with Crippen molar-refractivity contribution in [3.8, 4) is 17.0 Å². The lowest BCUT2D eigenvalue weighted by Crippen LogP contribution is -2.10. The number of carbonyl (C=O) groups is 1. The third kappa shape index (κ3) is 5.71. The van der Waals surface area contributed by atoms with E-state index in [-0.39, 0.29) is 17.2 Å². The first-order valence-electron chi connectivity index (χ1n) is 9.25. The Morgan fingerprint density at radius 3 is 2.88 bits per heavy atom. The van der Waals surface area contributed by atoms with E-state index < -0.39 is 10.9 Å². The first kappa shape index (κ1) is 23.4. The number of pyridine rings is 1. The highest BCUT2D eigenvalue weighted by Gasteiger charge is 2.17. The molecule has 0 amide bonds. The van der Waals surface area contributed by atoms with Crippen LogP contribution in [0.25, 0.3) is 11.3 Å². The van der Waals surface area contributed by atoms with Crippen LogP contribution in [-0.4, -0.2) is 45.3 Å². The minimum absolute atomic E-state index is 0.00750. The summed E-state index contributed by atoms with van der Waals surface area (Å²) in [5.41, 5.74) is 6.75. The second-order valence-electron chi connectivity index (χ2n) is 6.27. The maximum atomic E-state index is 11.8. The van der Waals surface area contributed by atoms with Gasteiger partial charge in [-0.3, -0.25) is 15.1 Å². The minimum atomic E-state index is -0.674. The Bertz CT molecular complexity index is 1150. The van der Waals surface area contributed by atoms with Gasteiger partial charge in [-0.1, -0.05) is 15.9 Å². The maximum Gasteiger partial charge on any atom is 0.360 e. The lowest BCUT2D eigenvalue weighted by molar-refractivity contribution is -0.388. The van der Waals surface area contributed by atoms with Crippen LogP contribution in [0, 0.1) is 10.1 Å². The molecule has 0 unspecified atom stereocenters. The molecule has 0 radical (unpaired) electrons. The normalized spacial score (nSPS) is 10.6. The van der Waals surface area contributed by atoms with Crippen LogP contribution < -0.4 is 10.5 Å². The molecule has 0 fully saturated rings. The molecule has 0 spiro atoms. The van der Waals surface area contributed by atoms with Gasteiger partial charge >= 0.3 is 11.7 Å². The quantitative estimate of drug-likeness (QED) is 0.144. The summed E-state index contributed by atoms with van der Waals surface area (Å²) in [7, 11) is 1.24. The molecule has 0 saturated heterocycles. The van der Waals surface area contributed by atoms with E-state index in [1.165, 1.54) is 37.5 Å². The van der Waals surface area contributed by atoms with E-state index in [0.717, 1.165) is 4.47 Å². The molecule has 2 aromatic heterocycles. The molecule has 0 bridgehead atoms. The van der Waals surface area contributed by atoms with E-state index in [9.17, 15) is 14.9 Å². The lowest BCUT2D eigenvalue weighted by Gasteiger charge is -2.11. The summed E-state index contributed by atoms with van der Waals surface area (Å²) in [6.07, 6.45) is 4.91. The number of esters is 1. The molecule has 1 aromatic carbocycles. The predicted molar refractivity (Wildman–Crippen MR) is 123 cm³/mol. The molecule has 2 N–H and O–H groups in total. The first-order chi connectivity index (χ1) is 15.4. The summed E-state index contributed by atoms with van der Waals surface area (Å²) in [5.74, 6) is 0.546. The number of hydrogen-bond acceptors (Lipinski definition) is 10. The standard InChI is InChI=1S/C20H18BrN5O5S/c1-30-20(27)18-19(22)24-10-15(25-18)13-9-12(3-4-14(13)21)31-7-2-8-32-17-5-6-23-11-16(17)26(28)29/h3-6,9-11H,2,7-8H2,1H3,(H2,22,24). The molecule has 2 heterocycles. The van der Waals surface area contributed by atoms with Crippen LogP contribution in [0.15, 0.2) is 52.2 Å². The Balaban J connectivity index is 1.63. The van der Waals surface area contributed by atoms with E-state index in [4.69, 9.17) is 10.5 Å². The number of anilines is 1. The van der Waals surface area contributed by atoms with Gasteiger partial charge < -0.3 is 15.2 Å². The van der Waals surface area contributed by atoms with Crippen molar-refractivity contribution in [1.29, 1.82) is 0 Å². The minimum Gasteiger partial charge on any atom is -0.494 e. The smallest absolute Gasteiger partial charge is 0.360 e. The number of aromatic nitrogens is 3.